The van der Waals surface area contributed by atoms with Gasteiger partial charge in [0, 0.05) is 10.9 Å². The molecule has 0 aliphatic carbocycles. The highest BCUT2D eigenvalue weighted by Gasteiger charge is 2.17. The van der Waals surface area contributed by atoms with Crippen LogP contribution in [-0.2, 0) is 0 Å². The Balaban J connectivity index is 1.75. The van der Waals surface area contributed by atoms with Gasteiger partial charge < -0.3 is 0 Å². The quantitative estimate of drug-likeness (QED) is 0.260. The van der Waals surface area contributed by atoms with E-state index in [2.05, 4.69) is 88.4 Å². The van der Waals surface area contributed by atoms with Gasteiger partial charge >= 0.3 is 0 Å². The molecule has 0 fully saturated rings. The Morgan fingerprint density at radius 3 is 2.24 bits per heavy atom. The molecule has 5 aromatic carbocycles. The Bertz CT molecular complexity index is 1570. The topological polar surface area (TPSA) is 33.6 Å². The number of benzene rings is 5. The van der Waals surface area contributed by atoms with Gasteiger partial charge in [0.15, 0.2) is 10.6 Å². The fraction of sp³-hybridized carbons (Fsp3) is 0.0400. The molecule has 0 amide bonds. The van der Waals surface area contributed by atoms with Crippen molar-refractivity contribution in [2.45, 2.75) is 6.92 Å². The summed E-state index contributed by atoms with van der Waals surface area (Å²) < 4.78 is 2.65. The predicted molar refractivity (Wildman–Crippen MR) is 123 cm³/mol. The average Bonchev–Trinajstić information content (AvgIpc) is 3.13. The molecule has 0 unspecified atom stereocenters. The number of hydrogen-bond donors (Lipinski definition) is 1. The van der Waals surface area contributed by atoms with Crippen LogP contribution >= 0.6 is 12.2 Å². The van der Waals surface area contributed by atoms with Crippen molar-refractivity contribution in [3.63, 3.8) is 0 Å². The van der Waals surface area contributed by atoms with Crippen molar-refractivity contribution in [2.24, 2.45) is 0 Å². The van der Waals surface area contributed by atoms with Crippen molar-refractivity contribution >= 4 is 44.5 Å². The fourth-order valence-corrected chi connectivity index (χ4v) is 4.67. The summed E-state index contributed by atoms with van der Waals surface area (Å²) in [7, 11) is 0. The number of aromatic amines is 1. The molecule has 6 rings (SSSR count). The highest BCUT2D eigenvalue weighted by Crippen LogP contribution is 2.38. The third-order valence-corrected chi connectivity index (χ3v) is 6.08. The van der Waals surface area contributed by atoms with Gasteiger partial charge in [-0.2, -0.15) is 5.10 Å². The number of hydrogen-bond acceptors (Lipinski definition) is 2. The van der Waals surface area contributed by atoms with E-state index in [4.69, 9.17) is 12.2 Å². The summed E-state index contributed by atoms with van der Waals surface area (Å²) in [6.45, 7) is 2.10. The normalized spacial score (nSPS) is 11.8. The Labute approximate surface area is 172 Å². The van der Waals surface area contributed by atoms with E-state index in [0.717, 1.165) is 17.1 Å². The first-order valence-electron chi connectivity index (χ1n) is 9.63. The van der Waals surface area contributed by atoms with E-state index in [1.807, 2.05) is 12.1 Å². The fourth-order valence-electron chi connectivity index (χ4n) is 4.44. The van der Waals surface area contributed by atoms with Crippen LogP contribution < -0.4 is 0 Å². The maximum atomic E-state index is 5.66. The minimum absolute atomic E-state index is 0.596. The van der Waals surface area contributed by atoms with Gasteiger partial charge in [0.05, 0.1) is 5.69 Å². The Morgan fingerprint density at radius 2 is 1.45 bits per heavy atom. The molecule has 0 spiro atoms. The molecule has 0 radical (unpaired) electrons. The number of H-pyrrole nitrogens is 1. The largest absolute Gasteiger partial charge is 0.268 e. The number of aromatic nitrogens is 3. The summed E-state index contributed by atoms with van der Waals surface area (Å²) in [6.07, 6.45) is 0. The smallest absolute Gasteiger partial charge is 0.200 e. The highest BCUT2D eigenvalue weighted by molar-refractivity contribution is 7.71. The maximum Gasteiger partial charge on any atom is 0.200 e. The van der Waals surface area contributed by atoms with Crippen LogP contribution in [0.2, 0.25) is 0 Å². The molecule has 1 N–H and O–H groups in total. The molecule has 138 valence electrons. The van der Waals surface area contributed by atoms with Crippen molar-refractivity contribution in [1.29, 1.82) is 0 Å². The van der Waals surface area contributed by atoms with Gasteiger partial charge in [-0.05, 0) is 57.7 Å². The average molecular weight is 391 g/mol. The lowest BCUT2D eigenvalue weighted by Gasteiger charge is -2.16. The van der Waals surface area contributed by atoms with E-state index in [1.54, 1.807) is 0 Å². The third-order valence-electron chi connectivity index (χ3n) is 5.80. The van der Waals surface area contributed by atoms with Gasteiger partial charge in [-0.3, -0.25) is 9.67 Å². The van der Waals surface area contributed by atoms with E-state index >= 15 is 0 Å². The molecule has 3 nitrogen and oxygen atoms in total. The second-order valence-corrected chi connectivity index (χ2v) is 7.83. The number of rotatable bonds is 2. The van der Waals surface area contributed by atoms with Gasteiger partial charge in [0.25, 0.3) is 0 Å². The van der Waals surface area contributed by atoms with Crippen molar-refractivity contribution in [3.8, 4) is 17.1 Å². The van der Waals surface area contributed by atoms with Gasteiger partial charge in [0.2, 0.25) is 0 Å². The van der Waals surface area contributed by atoms with Gasteiger partial charge in [-0.15, -0.1) is 0 Å². The minimum Gasteiger partial charge on any atom is -0.268 e. The maximum absolute atomic E-state index is 5.66. The van der Waals surface area contributed by atoms with E-state index in [-0.39, 0.29) is 0 Å². The molecular formula is C25H17N3S. The summed E-state index contributed by atoms with van der Waals surface area (Å²) in [4.78, 5) is 0. The second-order valence-electron chi connectivity index (χ2n) is 7.44. The number of nitrogens with zero attached hydrogens (tertiary/aromatic N) is 2. The zero-order valence-corrected chi connectivity index (χ0v) is 16.6. The molecule has 0 atom stereocenters. The molecule has 0 saturated heterocycles. The lowest BCUT2D eigenvalue weighted by molar-refractivity contribution is 1.04. The van der Waals surface area contributed by atoms with Crippen molar-refractivity contribution < 1.29 is 0 Å². The van der Waals surface area contributed by atoms with Crippen LogP contribution in [0.5, 0.6) is 0 Å². The van der Waals surface area contributed by atoms with E-state index in [0.29, 0.717) is 4.77 Å². The van der Waals surface area contributed by atoms with E-state index in [9.17, 15) is 0 Å². The number of nitrogens with one attached hydrogen (secondary N) is 1. The molecule has 1 aromatic heterocycles. The molecule has 29 heavy (non-hydrogen) atoms. The summed E-state index contributed by atoms with van der Waals surface area (Å²) in [5.41, 5.74) is 3.29. The molecule has 0 saturated carbocycles. The lowest BCUT2D eigenvalue weighted by Crippen LogP contribution is -2.00. The summed E-state index contributed by atoms with van der Waals surface area (Å²) in [5, 5.41) is 15.1. The Morgan fingerprint density at radius 1 is 0.759 bits per heavy atom. The van der Waals surface area contributed by atoms with Gasteiger partial charge in [0.1, 0.15) is 0 Å². The summed E-state index contributed by atoms with van der Waals surface area (Å²) in [6, 6.07) is 27.9. The van der Waals surface area contributed by atoms with Crippen LogP contribution in [0.3, 0.4) is 0 Å². The first-order valence-corrected chi connectivity index (χ1v) is 10.0. The first kappa shape index (κ1) is 16.5. The van der Waals surface area contributed by atoms with Crippen LogP contribution in [0.4, 0.5) is 0 Å². The Kier molecular flexibility index (Phi) is 3.40. The van der Waals surface area contributed by atoms with Crippen LogP contribution in [-0.4, -0.2) is 14.8 Å². The highest BCUT2D eigenvalue weighted by atomic mass is 32.1. The number of aryl methyl sites for hydroxylation is 1. The van der Waals surface area contributed by atoms with Crippen molar-refractivity contribution in [3.05, 3.63) is 89.2 Å². The lowest BCUT2D eigenvalue weighted by atomic mass is 9.93. The van der Waals surface area contributed by atoms with Crippen LogP contribution in [0.1, 0.15) is 5.56 Å². The molecule has 4 heteroatoms. The van der Waals surface area contributed by atoms with Crippen LogP contribution in [0, 0.1) is 11.7 Å². The predicted octanol–water partition coefficient (Wildman–Crippen LogP) is 6.80. The monoisotopic (exact) mass is 391 g/mol. The van der Waals surface area contributed by atoms with Crippen LogP contribution in [0.15, 0.2) is 78.9 Å². The molecule has 6 aromatic rings. The third kappa shape index (κ3) is 2.30. The van der Waals surface area contributed by atoms with Gasteiger partial charge in [-0.1, -0.05) is 72.8 Å². The molecule has 1 heterocycles. The first-order chi connectivity index (χ1) is 14.2. The van der Waals surface area contributed by atoms with Crippen LogP contribution in [0.25, 0.3) is 49.4 Å². The molecule has 0 aliphatic rings. The molecule has 0 aliphatic heterocycles. The summed E-state index contributed by atoms with van der Waals surface area (Å²) in [5.74, 6) is 0.836. The molecular weight excluding hydrogens is 374 g/mol. The SMILES string of the molecule is Cc1ccccc1-c1n[nH]c(=S)n1-c1ccc2ccc3cccc4ccc1c2c34. The van der Waals surface area contributed by atoms with Crippen molar-refractivity contribution in [1.82, 2.24) is 14.8 Å². The molecule has 0 bridgehead atoms. The standard InChI is InChI=1S/C25H17N3S/c1-15-5-2-3-8-19(15)24-26-27-25(29)28(24)21-14-12-18-10-9-16-6-4-7-17-11-13-20(21)23(18)22(16)17/h2-14H,1H3,(H,27,29). The minimum atomic E-state index is 0.596. The zero-order chi connectivity index (χ0) is 19.5. The Hall–Kier alpha value is -3.50. The van der Waals surface area contributed by atoms with E-state index in [1.165, 1.54) is 37.9 Å². The van der Waals surface area contributed by atoms with E-state index < -0.39 is 0 Å². The van der Waals surface area contributed by atoms with Gasteiger partial charge in [-0.25, -0.2) is 0 Å². The summed E-state index contributed by atoms with van der Waals surface area (Å²) >= 11 is 5.66. The van der Waals surface area contributed by atoms with Crippen molar-refractivity contribution in [2.75, 3.05) is 0 Å². The zero-order valence-electron chi connectivity index (χ0n) is 15.8. The second kappa shape index (κ2) is 6.00.